The van der Waals surface area contributed by atoms with E-state index in [0.29, 0.717) is 5.92 Å². The minimum absolute atomic E-state index is 0. The van der Waals surface area contributed by atoms with Gasteiger partial charge >= 0.3 is 0 Å². The molecule has 1 fully saturated rings. The van der Waals surface area contributed by atoms with Crippen molar-refractivity contribution in [3.05, 3.63) is 17.7 Å². The number of piperazine rings is 1. The van der Waals surface area contributed by atoms with Crippen LogP contribution >= 0.6 is 24.0 Å². The highest BCUT2D eigenvalue weighted by atomic mass is 127. The van der Waals surface area contributed by atoms with Crippen molar-refractivity contribution in [1.29, 1.82) is 0 Å². The van der Waals surface area contributed by atoms with Crippen LogP contribution in [-0.4, -0.2) is 83.4 Å². The van der Waals surface area contributed by atoms with Crippen LogP contribution in [0, 0.1) is 5.92 Å². The Balaban J connectivity index is 0.00000420. The molecule has 1 aromatic carbocycles. The van der Waals surface area contributed by atoms with Gasteiger partial charge in [0, 0.05) is 64.0 Å². The molecule has 7 nitrogen and oxygen atoms in total. The minimum Gasteiger partial charge on any atom is -0.496 e. The molecule has 0 aromatic heterocycles. The van der Waals surface area contributed by atoms with Gasteiger partial charge in [-0.3, -0.25) is 9.89 Å². The molecule has 8 heteroatoms. The molecule has 0 bridgehead atoms. The zero-order valence-corrected chi connectivity index (χ0v) is 21.0. The van der Waals surface area contributed by atoms with Gasteiger partial charge in [-0.15, -0.1) is 24.0 Å². The highest BCUT2D eigenvalue weighted by molar-refractivity contribution is 14.0. The summed E-state index contributed by atoms with van der Waals surface area (Å²) in [7, 11) is 6.82. The molecule has 2 rings (SSSR count). The van der Waals surface area contributed by atoms with Crippen molar-refractivity contribution >= 4 is 29.9 Å². The lowest BCUT2D eigenvalue weighted by molar-refractivity contribution is 0.164. The fraction of sp³-hybridized carbons (Fsp3) is 0.667. The first kappa shape index (κ1) is 25.6. The van der Waals surface area contributed by atoms with Crippen molar-refractivity contribution in [2.45, 2.75) is 20.3 Å². The molecule has 0 saturated carbocycles. The molecule has 166 valence electrons. The topological polar surface area (TPSA) is 58.6 Å². The Morgan fingerprint density at radius 1 is 1.03 bits per heavy atom. The summed E-state index contributed by atoms with van der Waals surface area (Å²) in [5, 5.41) is 3.49. The first-order chi connectivity index (χ1) is 13.5. The Hall–Kier alpha value is -1.42. The number of rotatable bonds is 8. The average Bonchev–Trinajstić information content (AvgIpc) is 2.71. The van der Waals surface area contributed by atoms with Gasteiger partial charge in [0.05, 0.1) is 21.3 Å². The second kappa shape index (κ2) is 13.0. The van der Waals surface area contributed by atoms with Crippen molar-refractivity contribution in [3.63, 3.8) is 0 Å². The van der Waals surface area contributed by atoms with Crippen molar-refractivity contribution in [1.82, 2.24) is 15.1 Å². The van der Waals surface area contributed by atoms with Crippen molar-refractivity contribution < 1.29 is 14.2 Å². The molecule has 1 aromatic rings. The van der Waals surface area contributed by atoms with Crippen LogP contribution in [0.25, 0.3) is 0 Å². The maximum atomic E-state index is 5.54. The summed E-state index contributed by atoms with van der Waals surface area (Å²) in [6.45, 7) is 10.6. The van der Waals surface area contributed by atoms with E-state index in [9.17, 15) is 0 Å². The predicted octanol–water partition coefficient (Wildman–Crippen LogP) is 2.72. The summed E-state index contributed by atoms with van der Waals surface area (Å²) >= 11 is 0. The number of nitrogens with one attached hydrogen (secondary N) is 1. The summed E-state index contributed by atoms with van der Waals surface area (Å²) in [5.74, 6) is 3.93. The second-order valence-corrected chi connectivity index (χ2v) is 7.42. The van der Waals surface area contributed by atoms with Crippen LogP contribution in [0.1, 0.15) is 19.4 Å². The van der Waals surface area contributed by atoms with E-state index in [2.05, 4.69) is 34.0 Å². The number of hydrogen-bond acceptors (Lipinski definition) is 5. The Kier molecular flexibility index (Phi) is 11.5. The Labute approximate surface area is 192 Å². The van der Waals surface area contributed by atoms with E-state index in [4.69, 9.17) is 14.2 Å². The molecular weight excluding hydrogens is 483 g/mol. The fourth-order valence-corrected chi connectivity index (χ4v) is 3.61. The summed E-state index contributed by atoms with van der Waals surface area (Å²) in [6, 6.07) is 3.78. The summed E-state index contributed by atoms with van der Waals surface area (Å²) in [6.07, 6.45) is 0.767. The maximum absolute atomic E-state index is 5.54. The Bertz CT molecular complexity index is 622. The fourth-order valence-electron chi connectivity index (χ4n) is 3.61. The number of halogens is 1. The molecule has 1 N–H and O–H groups in total. The van der Waals surface area contributed by atoms with Gasteiger partial charge in [0.25, 0.3) is 0 Å². The molecule has 0 radical (unpaired) electrons. The molecular formula is C21H37IN4O3. The van der Waals surface area contributed by atoms with Gasteiger partial charge in [0.2, 0.25) is 0 Å². The number of benzene rings is 1. The quantitative estimate of drug-likeness (QED) is 0.323. The second-order valence-electron chi connectivity index (χ2n) is 7.42. The molecule has 0 atom stereocenters. The van der Waals surface area contributed by atoms with Crippen molar-refractivity contribution in [2.24, 2.45) is 10.9 Å². The van der Waals surface area contributed by atoms with Crippen LogP contribution < -0.4 is 19.5 Å². The third kappa shape index (κ3) is 7.40. The third-order valence-corrected chi connectivity index (χ3v) is 4.98. The molecule has 0 unspecified atom stereocenters. The highest BCUT2D eigenvalue weighted by Crippen LogP contribution is 2.34. The lowest BCUT2D eigenvalue weighted by Crippen LogP contribution is -2.53. The SMILES string of the molecule is CN=C(NCCc1c(OC)cc(OC)cc1OC)N1CCN(CC(C)C)CC1.I. The minimum atomic E-state index is 0. The number of ether oxygens (including phenoxy) is 3. The molecule has 1 aliphatic heterocycles. The van der Waals surface area contributed by atoms with Crippen molar-refractivity contribution in [3.8, 4) is 17.2 Å². The zero-order valence-electron chi connectivity index (χ0n) is 18.7. The Morgan fingerprint density at radius 2 is 1.62 bits per heavy atom. The van der Waals surface area contributed by atoms with Crippen LogP contribution in [0.15, 0.2) is 17.1 Å². The Morgan fingerprint density at radius 3 is 2.07 bits per heavy atom. The average molecular weight is 520 g/mol. The summed E-state index contributed by atoms with van der Waals surface area (Å²) < 4.78 is 16.4. The smallest absolute Gasteiger partial charge is 0.193 e. The predicted molar refractivity (Wildman–Crippen MR) is 129 cm³/mol. The molecule has 1 saturated heterocycles. The molecule has 0 amide bonds. The molecule has 0 aliphatic carbocycles. The monoisotopic (exact) mass is 520 g/mol. The van der Waals surface area contributed by atoms with Gasteiger partial charge in [-0.1, -0.05) is 13.8 Å². The molecule has 1 aliphatic rings. The van der Waals surface area contributed by atoms with Crippen molar-refractivity contribution in [2.75, 3.05) is 67.6 Å². The lowest BCUT2D eigenvalue weighted by Gasteiger charge is -2.37. The molecule has 1 heterocycles. The number of aliphatic imine (C=N–C) groups is 1. The van der Waals surface area contributed by atoms with Gasteiger partial charge in [-0.2, -0.15) is 0 Å². The van der Waals surface area contributed by atoms with Crippen LogP contribution in [0.3, 0.4) is 0 Å². The van der Waals surface area contributed by atoms with Gasteiger partial charge in [-0.25, -0.2) is 0 Å². The highest BCUT2D eigenvalue weighted by Gasteiger charge is 2.20. The van der Waals surface area contributed by atoms with Crippen LogP contribution in [0.5, 0.6) is 17.2 Å². The van der Waals surface area contributed by atoms with E-state index in [1.807, 2.05) is 19.2 Å². The van der Waals surface area contributed by atoms with Gasteiger partial charge in [0.15, 0.2) is 5.96 Å². The number of hydrogen-bond donors (Lipinski definition) is 1. The van der Waals surface area contributed by atoms with E-state index in [-0.39, 0.29) is 24.0 Å². The summed E-state index contributed by atoms with van der Waals surface area (Å²) in [5.41, 5.74) is 1.02. The number of methoxy groups -OCH3 is 3. The largest absolute Gasteiger partial charge is 0.496 e. The van der Waals surface area contributed by atoms with E-state index < -0.39 is 0 Å². The van der Waals surface area contributed by atoms with Crippen LogP contribution in [-0.2, 0) is 6.42 Å². The normalized spacial score (nSPS) is 15.1. The van der Waals surface area contributed by atoms with Gasteiger partial charge in [0.1, 0.15) is 17.2 Å². The first-order valence-electron chi connectivity index (χ1n) is 9.99. The standard InChI is InChI=1S/C21H36N4O3.HI/c1-16(2)15-24-9-11-25(12-10-24)21(22-3)23-8-7-18-19(27-5)13-17(26-4)14-20(18)28-6;/h13-14,16H,7-12,15H2,1-6H3,(H,22,23);1H. The van der Waals surface area contributed by atoms with Crippen LogP contribution in [0.2, 0.25) is 0 Å². The number of nitrogens with zero attached hydrogens (tertiary/aromatic N) is 3. The third-order valence-electron chi connectivity index (χ3n) is 4.98. The number of guanidine groups is 1. The van der Waals surface area contributed by atoms with Gasteiger partial charge < -0.3 is 24.4 Å². The van der Waals surface area contributed by atoms with E-state index in [0.717, 1.165) is 74.5 Å². The van der Waals surface area contributed by atoms with E-state index >= 15 is 0 Å². The van der Waals surface area contributed by atoms with Crippen LogP contribution in [0.4, 0.5) is 0 Å². The lowest BCUT2D eigenvalue weighted by atomic mass is 10.1. The summed E-state index contributed by atoms with van der Waals surface area (Å²) in [4.78, 5) is 9.33. The maximum Gasteiger partial charge on any atom is 0.193 e. The zero-order chi connectivity index (χ0) is 20.5. The van der Waals surface area contributed by atoms with E-state index in [1.54, 1.807) is 21.3 Å². The van der Waals surface area contributed by atoms with E-state index in [1.165, 1.54) is 0 Å². The molecule has 0 spiro atoms. The first-order valence-corrected chi connectivity index (χ1v) is 9.99. The van der Waals surface area contributed by atoms with Gasteiger partial charge in [-0.05, 0) is 12.3 Å². The molecule has 29 heavy (non-hydrogen) atoms.